The van der Waals surface area contributed by atoms with Crippen molar-refractivity contribution in [3.8, 4) is 0 Å². The smallest absolute Gasteiger partial charge is 0.270 e. The van der Waals surface area contributed by atoms with Crippen LogP contribution in [0.15, 0.2) is 36.4 Å². The Bertz CT molecular complexity index is 2910. The molecule has 0 bridgehead atoms. The van der Waals surface area contributed by atoms with Crippen molar-refractivity contribution in [2.75, 3.05) is 81.7 Å². The van der Waals surface area contributed by atoms with E-state index in [0.717, 1.165) is 36.7 Å². The van der Waals surface area contributed by atoms with Crippen LogP contribution >= 0.6 is 0 Å². The SMILES string of the molecule is CC[C@@H]1NC(=O)[C@@H]2[C@@H]([C@H](C)C/C=C/c3ccccc3)ON2C(=O)[C@H](C(C)C)N(C)C(=O)[C@H](CC(C)C)N(C)C(=O)[C@H](CC(C)C)N(C)C(=O)[C@@H](C)NC(=O)[C@H](C)NC(=O)[C@H](CC(C)C)N(C)C(=O)[C@H](C(C)C)NC(=O)[C@H]([C@@H](C)OCCCCN2CCOCC2)N(C)C(=O)[C@@H](C)N(C)C1=O. The maximum Gasteiger partial charge on any atom is 0.270 e. The minimum atomic E-state index is -1.39. The number of benzene rings is 1. The molecule has 26 heteroatoms. The molecule has 4 rings (SSSR count). The minimum Gasteiger partial charge on any atom is -0.379 e. The highest BCUT2D eigenvalue weighted by Crippen LogP contribution is 2.34. The summed E-state index contributed by atoms with van der Waals surface area (Å²) in [4.78, 5) is 180. The number of carbonyl (C=O) groups excluding carboxylic acids is 11. The molecule has 3 aliphatic rings. The summed E-state index contributed by atoms with van der Waals surface area (Å²) in [6.07, 6.45) is 4.29. The van der Waals surface area contributed by atoms with Crippen LogP contribution < -0.4 is 21.3 Å². The number of nitrogens with zero attached hydrogens (tertiary/aromatic N) is 8. The third kappa shape index (κ3) is 23.0. The molecule has 1 aromatic carbocycles. The van der Waals surface area contributed by atoms with Crippen molar-refractivity contribution in [2.24, 2.45) is 35.5 Å². The highest BCUT2D eigenvalue weighted by atomic mass is 16.7. The van der Waals surface area contributed by atoms with Crippen molar-refractivity contribution in [2.45, 2.75) is 234 Å². The fourth-order valence-corrected chi connectivity index (χ4v) is 13.0. The van der Waals surface area contributed by atoms with Gasteiger partial charge in [-0.2, -0.15) is 0 Å². The van der Waals surface area contributed by atoms with Gasteiger partial charge >= 0.3 is 0 Å². The zero-order valence-electron chi connectivity index (χ0n) is 63.5. The van der Waals surface area contributed by atoms with Crippen molar-refractivity contribution in [3.63, 3.8) is 0 Å². The highest BCUT2D eigenvalue weighted by Gasteiger charge is 2.55. The molecule has 0 aliphatic carbocycles. The molecule has 0 spiro atoms. The number of fused-ring (bicyclic) bond motifs is 1. The van der Waals surface area contributed by atoms with E-state index >= 15 is 28.8 Å². The van der Waals surface area contributed by atoms with Crippen molar-refractivity contribution >= 4 is 71.1 Å². The number of rotatable bonds is 20. The molecule has 558 valence electrons. The van der Waals surface area contributed by atoms with Crippen LogP contribution in [0.4, 0.5) is 0 Å². The molecule has 1 aromatic rings. The molecule has 4 N–H and O–H groups in total. The minimum absolute atomic E-state index is 0.0395. The van der Waals surface area contributed by atoms with Gasteiger partial charge in [0.2, 0.25) is 59.1 Å². The first-order valence-corrected chi connectivity index (χ1v) is 35.8. The first-order chi connectivity index (χ1) is 46.4. The lowest BCUT2D eigenvalue weighted by Crippen LogP contribution is -2.72. The van der Waals surface area contributed by atoms with Gasteiger partial charge in [-0.25, -0.2) is 5.06 Å². The number of unbranched alkanes of at least 4 members (excludes halogenated alkanes) is 1. The zero-order chi connectivity index (χ0) is 74.6. The molecule has 14 atom stereocenters. The Labute approximate surface area is 590 Å². The summed E-state index contributed by atoms with van der Waals surface area (Å²) in [6.45, 7) is 31.8. The Kier molecular flexibility index (Phi) is 33.5. The van der Waals surface area contributed by atoms with E-state index in [4.69, 9.17) is 14.3 Å². The number of amides is 11. The predicted octanol–water partition coefficient (Wildman–Crippen LogP) is 4.59. The number of morpholine rings is 1. The van der Waals surface area contributed by atoms with Gasteiger partial charge in [0, 0.05) is 62.0 Å². The van der Waals surface area contributed by atoms with Crippen LogP contribution in [-0.2, 0) is 67.1 Å². The molecule has 3 fully saturated rings. The molecular weight excluding hydrogens is 1270 g/mol. The Hall–Kier alpha value is -7.03. The van der Waals surface area contributed by atoms with Crippen LogP contribution in [0.3, 0.4) is 0 Å². The molecule has 3 heterocycles. The molecule has 11 amide bonds. The maximum atomic E-state index is 15.3. The quantitative estimate of drug-likeness (QED) is 0.130. The van der Waals surface area contributed by atoms with Crippen LogP contribution in [0, 0.1) is 35.5 Å². The van der Waals surface area contributed by atoms with Gasteiger partial charge in [0.15, 0.2) is 6.04 Å². The molecule has 0 aromatic heterocycles. The summed E-state index contributed by atoms with van der Waals surface area (Å²) in [5.41, 5.74) is 0.944. The van der Waals surface area contributed by atoms with Crippen LogP contribution in [0.1, 0.15) is 161 Å². The van der Waals surface area contributed by atoms with E-state index in [1.165, 1.54) is 92.5 Å². The average molecular weight is 1390 g/mol. The topological polar surface area (TPSA) is 290 Å². The van der Waals surface area contributed by atoms with Crippen LogP contribution in [-0.4, -0.2) is 265 Å². The normalized spacial score (nSPS) is 27.7. The van der Waals surface area contributed by atoms with Crippen LogP contribution in [0.2, 0.25) is 0 Å². The maximum absolute atomic E-state index is 15.3. The third-order valence-electron chi connectivity index (χ3n) is 19.4. The number of hydrogen-bond acceptors (Lipinski definition) is 15. The molecule has 0 saturated carbocycles. The molecule has 3 saturated heterocycles. The zero-order valence-corrected chi connectivity index (χ0v) is 63.5. The number of nitrogens with one attached hydrogen (secondary N) is 4. The number of allylic oxidation sites excluding steroid dienone is 1. The Morgan fingerprint density at radius 1 is 0.525 bits per heavy atom. The summed E-state index contributed by atoms with van der Waals surface area (Å²) in [7, 11) is 8.67. The second-order valence-corrected chi connectivity index (χ2v) is 29.5. The lowest BCUT2D eigenvalue weighted by atomic mass is 9.89. The number of likely N-dealkylation sites (N-methyl/N-ethyl adjacent to an activating group) is 6. The van der Waals surface area contributed by atoms with E-state index in [0.29, 0.717) is 26.1 Å². The molecule has 3 aliphatic heterocycles. The van der Waals surface area contributed by atoms with Gasteiger partial charge in [0.1, 0.15) is 66.5 Å². The van der Waals surface area contributed by atoms with Gasteiger partial charge in [0.05, 0.1) is 19.3 Å². The summed E-state index contributed by atoms with van der Waals surface area (Å²) in [5, 5.41) is 12.2. The largest absolute Gasteiger partial charge is 0.379 e. The van der Waals surface area contributed by atoms with Crippen molar-refractivity contribution in [1.82, 2.24) is 60.6 Å². The number of hydrogen-bond donors (Lipinski definition) is 4. The van der Waals surface area contributed by atoms with Crippen molar-refractivity contribution in [1.29, 1.82) is 0 Å². The molecule has 0 radical (unpaired) electrons. The van der Waals surface area contributed by atoms with Crippen molar-refractivity contribution in [3.05, 3.63) is 42.0 Å². The predicted molar refractivity (Wildman–Crippen MR) is 379 cm³/mol. The first-order valence-electron chi connectivity index (χ1n) is 35.8. The van der Waals surface area contributed by atoms with Gasteiger partial charge in [-0.15, -0.1) is 0 Å². The van der Waals surface area contributed by atoms with Gasteiger partial charge in [-0.3, -0.25) is 62.5 Å². The molecular formula is C73H122N12O14. The fraction of sp³-hybridized carbons (Fsp3) is 0.740. The van der Waals surface area contributed by atoms with E-state index < -0.39 is 155 Å². The summed E-state index contributed by atoms with van der Waals surface area (Å²) < 4.78 is 11.9. The second kappa shape index (κ2) is 39.3. The van der Waals surface area contributed by atoms with Crippen LogP contribution in [0.25, 0.3) is 6.08 Å². The molecule has 0 unspecified atom stereocenters. The first kappa shape index (κ1) is 84.4. The summed E-state index contributed by atoms with van der Waals surface area (Å²) in [6, 6.07) is -4.08. The van der Waals surface area contributed by atoms with Crippen LogP contribution in [0.5, 0.6) is 0 Å². The van der Waals surface area contributed by atoms with Gasteiger partial charge in [0.25, 0.3) is 5.91 Å². The second-order valence-electron chi connectivity index (χ2n) is 29.5. The van der Waals surface area contributed by atoms with E-state index in [1.807, 2.05) is 91.0 Å². The van der Waals surface area contributed by atoms with E-state index in [-0.39, 0.29) is 56.0 Å². The summed E-state index contributed by atoms with van der Waals surface area (Å²) >= 11 is 0. The van der Waals surface area contributed by atoms with E-state index in [9.17, 15) is 24.0 Å². The number of hydroxylamine groups is 2. The van der Waals surface area contributed by atoms with Gasteiger partial charge < -0.3 is 60.1 Å². The lowest BCUT2D eigenvalue weighted by molar-refractivity contribution is -0.321. The van der Waals surface area contributed by atoms with E-state index in [1.54, 1.807) is 41.5 Å². The average Bonchev–Trinajstić information content (AvgIpc) is 0.754. The van der Waals surface area contributed by atoms with Crippen molar-refractivity contribution < 1.29 is 67.1 Å². The van der Waals surface area contributed by atoms with E-state index in [2.05, 4.69) is 26.2 Å². The third-order valence-corrected chi connectivity index (χ3v) is 19.4. The standard InChI is InChI=1S/C73H122N12O14/c1-23-54-69(92)78(17)51(15)68(91)83(22)60(52(16)98-37-28-27-34-84-35-38-97-39-36-84)65(88)77-58(46(8)9)72(95)79(18)55(40-43(2)3)64(87)74-49(13)63(86)75-50(14)67(90)80(19)56(41-44(4)5)70(93)81(20)57(42-45(6)7)71(94)82(21)59(47(10)11)73(96)85-61(66(89)76-54)62(99-85)48(12)30-29-33-53-31-25-24-26-32-53/h24-26,29,31-33,43-52,54-62H,23,27-28,30,34-42H2,1-22H3,(H,74,87)(H,75,86)(H,76,89)(H,77,88)/b33-29+/t48-,49+,50-,51-,52-,54+,55+,56+,57+,58+,59+,60+,61+,62-/m1/s1. The van der Waals surface area contributed by atoms with Gasteiger partial charge in [-0.05, 0) is 120 Å². The molecule has 99 heavy (non-hydrogen) atoms. The molecule has 26 nitrogen and oxygen atoms in total. The number of ether oxygens (including phenoxy) is 2. The lowest BCUT2D eigenvalue weighted by Gasteiger charge is -2.50. The fourth-order valence-electron chi connectivity index (χ4n) is 13.0. The Balaban J connectivity index is 1.89. The number of carbonyl (C=O) groups is 11. The Morgan fingerprint density at radius 3 is 1.60 bits per heavy atom. The highest BCUT2D eigenvalue weighted by molar-refractivity contribution is 6.00. The summed E-state index contributed by atoms with van der Waals surface area (Å²) in [5.74, 6) is -9.45. The Morgan fingerprint density at radius 2 is 1.05 bits per heavy atom. The monoisotopic (exact) mass is 1390 g/mol. The van der Waals surface area contributed by atoms with Gasteiger partial charge in [-0.1, -0.05) is 126 Å².